The van der Waals surface area contributed by atoms with Gasteiger partial charge in [-0.2, -0.15) is 20.5 Å². The first-order valence-corrected chi connectivity index (χ1v) is 8.42. The Kier molecular flexibility index (Phi) is 3.96. The van der Waals surface area contributed by atoms with Gasteiger partial charge in [0, 0.05) is 5.56 Å². The monoisotopic (exact) mass is 346 g/mol. The zero-order valence-corrected chi connectivity index (χ0v) is 14.5. The van der Waals surface area contributed by atoms with E-state index in [4.69, 9.17) is 0 Å². The SMILES string of the molecule is CCc1c(NC(=O)c2ccc3n[nH]nc3c2)cnn1-c1ccccc1C. The Morgan fingerprint density at radius 1 is 1.15 bits per heavy atom. The predicted molar refractivity (Wildman–Crippen MR) is 99.5 cm³/mol. The van der Waals surface area contributed by atoms with Crippen LogP contribution in [0.3, 0.4) is 0 Å². The second-order valence-corrected chi connectivity index (χ2v) is 6.04. The van der Waals surface area contributed by atoms with Gasteiger partial charge in [-0.15, -0.1) is 0 Å². The molecule has 4 rings (SSSR count). The van der Waals surface area contributed by atoms with E-state index < -0.39 is 0 Å². The van der Waals surface area contributed by atoms with E-state index in [-0.39, 0.29) is 5.91 Å². The first-order valence-electron chi connectivity index (χ1n) is 8.42. The maximum Gasteiger partial charge on any atom is 0.255 e. The number of benzene rings is 2. The van der Waals surface area contributed by atoms with E-state index in [0.717, 1.165) is 28.9 Å². The molecule has 0 radical (unpaired) electrons. The third-order valence-corrected chi connectivity index (χ3v) is 4.37. The van der Waals surface area contributed by atoms with Gasteiger partial charge in [-0.3, -0.25) is 4.79 Å². The molecule has 2 aromatic heterocycles. The Labute approximate surface area is 150 Å². The smallest absolute Gasteiger partial charge is 0.255 e. The molecule has 0 saturated carbocycles. The van der Waals surface area contributed by atoms with Crippen LogP contribution < -0.4 is 5.32 Å². The van der Waals surface area contributed by atoms with E-state index in [1.54, 1.807) is 24.4 Å². The van der Waals surface area contributed by atoms with Crippen LogP contribution in [0.1, 0.15) is 28.5 Å². The first kappa shape index (κ1) is 16.0. The van der Waals surface area contributed by atoms with Gasteiger partial charge in [0.1, 0.15) is 11.0 Å². The Bertz CT molecular complexity index is 1090. The van der Waals surface area contributed by atoms with Crippen LogP contribution in [0.5, 0.6) is 0 Å². The minimum Gasteiger partial charge on any atom is -0.319 e. The minimum absolute atomic E-state index is 0.200. The quantitative estimate of drug-likeness (QED) is 0.593. The number of hydrogen-bond donors (Lipinski definition) is 2. The van der Waals surface area contributed by atoms with Crippen LogP contribution in [-0.2, 0) is 6.42 Å². The Morgan fingerprint density at radius 2 is 1.96 bits per heavy atom. The molecule has 0 bridgehead atoms. The number of fused-ring (bicyclic) bond motifs is 1. The summed E-state index contributed by atoms with van der Waals surface area (Å²) in [6, 6.07) is 13.3. The van der Waals surface area contributed by atoms with Crippen LogP contribution in [-0.4, -0.2) is 31.1 Å². The van der Waals surface area contributed by atoms with Crippen LogP contribution in [0.25, 0.3) is 16.7 Å². The van der Waals surface area contributed by atoms with Gasteiger partial charge in [-0.25, -0.2) is 4.68 Å². The molecule has 7 heteroatoms. The number of anilines is 1. The van der Waals surface area contributed by atoms with Gasteiger partial charge in [-0.05, 0) is 43.2 Å². The highest BCUT2D eigenvalue weighted by Gasteiger charge is 2.15. The fourth-order valence-corrected chi connectivity index (χ4v) is 3.00. The molecule has 130 valence electrons. The molecule has 2 aromatic carbocycles. The molecule has 0 aliphatic carbocycles. The van der Waals surface area contributed by atoms with E-state index in [1.165, 1.54) is 0 Å². The summed E-state index contributed by atoms with van der Waals surface area (Å²) >= 11 is 0. The topological polar surface area (TPSA) is 88.5 Å². The third-order valence-electron chi connectivity index (χ3n) is 4.37. The fourth-order valence-electron chi connectivity index (χ4n) is 3.00. The molecule has 7 nitrogen and oxygen atoms in total. The number of aromatic amines is 1. The summed E-state index contributed by atoms with van der Waals surface area (Å²) in [5, 5.41) is 18.0. The largest absolute Gasteiger partial charge is 0.319 e. The van der Waals surface area contributed by atoms with Crippen LogP contribution in [0, 0.1) is 6.92 Å². The molecule has 0 fully saturated rings. The Morgan fingerprint density at radius 3 is 2.77 bits per heavy atom. The molecule has 2 N–H and O–H groups in total. The van der Waals surface area contributed by atoms with E-state index in [2.05, 4.69) is 25.8 Å². The van der Waals surface area contributed by atoms with Crippen molar-refractivity contribution in [2.75, 3.05) is 5.32 Å². The summed E-state index contributed by atoms with van der Waals surface area (Å²) in [5.41, 5.74) is 5.70. The molecule has 0 saturated heterocycles. The number of amides is 1. The van der Waals surface area contributed by atoms with Crippen molar-refractivity contribution in [2.45, 2.75) is 20.3 Å². The second-order valence-electron chi connectivity index (χ2n) is 6.04. The number of aromatic nitrogens is 5. The summed E-state index contributed by atoms with van der Waals surface area (Å²) in [6.45, 7) is 4.09. The van der Waals surface area contributed by atoms with Gasteiger partial charge < -0.3 is 5.32 Å². The maximum atomic E-state index is 12.7. The Balaban J connectivity index is 1.66. The highest BCUT2D eigenvalue weighted by atomic mass is 16.1. The zero-order chi connectivity index (χ0) is 18.1. The number of nitrogens with one attached hydrogen (secondary N) is 2. The number of carbonyl (C=O) groups excluding carboxylic acids is 1. The normalized spacial score (nSPS) is 11.0. The number of para-hydroxylation sites is 1. The predicted octanol–water partition coefficient (Wildman–Crippen LogP) is 3.27. The lowest BCUT2D eigenvalue weighted by Crippen LogP contribution is -2.13. The number of hydrogen-bond acceptors (Lipinski definition) is 4. The molecule has 1 amide bonds. The molecule has 4 aromatic rings. The molecule has 0 unspecified atom stereocenters. The van der Waals surface area contributed by atoms with Crippen LogP contribution in [0.4, 0.5) is 5.69 Å². The van der Waals surface area contributed by atoms with Crippen molar-refractivity contribution in [3.8, 4) is 5.69 Å². The summed E-state index contributed by atoms with van der Waals surface area (Å²) in [5.74, 6) is -0.200. The standard InChI is InChI=1S/C19H18N6O/c1-3-17-16(11-20-25(17)18-7-5-4-6-12(18)2)21-19(26)13-8-9-14-15(10-13)23-24-22-14/h4-11H,3H2,1-2H3,(H,21,26)(H,22,23,24). The van der Waals surface area contributed by atoms with Crippen molar-refractivity contribution in [2.24, 2.45) is 0 Å². The summed E-state index contributed by atoms with van der Waals surface area (Å²) in [6.07, 6.45) is 2.43. The minimum atomic E-state index is -0.200. The number of rotatable bonds is 4. The van der Waals surface area contributed by atoms with E-state index >= 15 is 0 Å². The lowest BCUT2D eigenvalue weighted by atomic mass is 10.1. The van der Waals surface area contributed by atoms with Crippen molar-refractivity contribution in [1.29, 1.82) is 0 Å². The maximum absolute atomic E-state index is 12.7. The number of nitrogens with zero attached hydrogens (tertiary/aromatic N) is 4. The van der Waals surface area contributed by atoms with Gasteiger partial charge in [0.2, 0.25) is 0 Å². The van der Waals surface area contributed by atoms with Crippen molar-refractivity contribution in [3.05, 3.63) is 65.5 Å². The van der Waals surface area contributed by atoms with Crippen molar-refractivity contribution >= 4 is 22.6 Å². The van der Waals surface area contributed by atoms with Crippen LogP contribution in [0.15, 0.2) is 48.7 Å². The average molecular weight is 346 g/mol. The number of aryl methyl sites for hydroxylation is 1. The van der Waals surface area contributed by atoms with Gasteiger partial charge in [-0.1, -0.05) is 25.1 Å². The van der Waals surface area contributed by atoms with Crippen molar-refractivity contribution in [1.82, 2.24) is 25.2 Å². The fraction of sp³-hybridized carbons (Fsp3) is 0.158. The molecular weight excluding hydrogens is 328 g/mol. The molecule has 0 spiro atoms. The second kappa shape index (κ2) is 6.44. The third kappa shape index (κ3) is 2.73. The number of H-pyrrole nitrogens is 1. The highest BCUT2D eigenvalue weighted by molar-refractivity contribution is 6.06. The van der Waals surface area contributed by atoms with Crippen molar-refractivity contribution in [3.63, 3.8) is 0 Å². The van der Waals surface area contributed by atoms with Gasteiger partial charge in [0.25, 0.3) is 5.91 Å². The van der Waals surface area contributed by atoms with E-state index in [9.17, 15) is 4.79 Å². The van der Waals surface area contributed by atoms with Gasteiger partial charge in [0.05, 0.1) is 23.3 Å². The molecule has 0 atom stereocenters. The van der Waals surface area contributed by atoms with E-state index in [1.807, 2.05) is 42.8 Å². The number of carbonyl (C=O) groups is 1. The molecule has 0 aliphatic rings. The zero-order valence-electron chi connectivity index (χ0n) is 14.5. The van der Waals surface area contributed by atoms with Crippen LogP contribution in [0.2, 0.25) is 0 Å². The summed E-state index contributed by atoms with van der Waals surface area (Å²) in [4.78, 5) is 12.7. The van der Waals surface area contributed by atoms with Gasteiger partial charge in [0.15, 0.2) is 0 Å². The lowest BCUT2D eigenvalue weighted by molar-refractivity contribution is 0.102. The highest BCUT2D eigenvalue weighted by Crippen LogP contribution is 2.23. The average Bonchev–Trinajstić information content (AvgIpc) is 3.27. The summed E-state index contributed by atoms with van der Waals surface area (Å²) in [7, 11) is 0. The Hall–Kier alpha value is -3.48. The van der Waals surface area contributed by atoms with Crippen LogP contribution >= 0.6 is 0 Å². The molecule has 2 heterocycles. The molecule has 26 heavy (non-hydrogen) atoms. The van der Waals surface area contributed by atoms with E-state index in [0.29, 0.717) is 16.8 Å². The first-order chi connectivity index (χ1) is 12.7. The van der Waals surface area contributed by atoms with Crippen molar-refractivity contribution < 1.29 is 4.79 Å². The lowest BCUT2D eigenvalue weighted by Gasteiger charge is -2.11. The molecular formula is C19H18N6O. The summed E-state index contributed by atoms with van der Waals surface area (Å²) < 4.78 is 1.88. The van der Waals surface area contributed by atoms with Gasteiger partial charge >= 0.3 is 0 Å². The molecule has 0 aliphatic heterocycles.